The Labute approximate surface area is 182 Å². The molecular formula is C24H30O7. The number of hydrogen-bond acceptors (Lipinski definition) is 7. The van der Waals surface area contributed by atoms with Gasteiger partial charge in [0.05, 0.1) is 21.3 Å². The lowest BCUT2D eigenvalue weighted by molar-refractivity contribution is -0.109. The second-order valence-electron chi connectivity index (χ2n) is 5.52. The Balaban J connectivity index is 0.00000113. The zero-order valence-corrected chi connectivity index (χ0v) is 19.1. The first kappa shape index (κ1) is 25.6. The van der Waals surface area contributed by atoms with Crippen LogP contribution in [0.1, 0.15) is 27.7 Å². The maximum atomic E-state index is 12.7. The van der Waals surface area contributed by atoms with Crippen molar-refractivity contribution in [2.24, 2.45) is 0 Å². The fourth-order valence-electron chi connectivity index (χ4n) is 2.73. The molecule has 0 spiro atoms. The molecule has 0 radical (unpaired) electrons. The van der Waals surface area contributed by atoms with Crippen LogP contribution in [0.4, 0.5) is 0 Å². The highest BCUT2D eigenvalue weighted by Gasteiger charge is 2.15. The van der Waals surface area contributed by atoms with Gasteiger partial charge in [0, 0.05) is 23.8 Å². The van der Waals surface area contributed by atoms with E-state index in [4.69, 9.17) is 23.4 Å². The van der Waals surface area contributed by atoms with Crippen LogP contribution in [0.5, 0.6) is 23.0 Å². The summed E-state index contributed by atoms with van der Waals surface area (Å²) < 4.78 is 27.0. The summed E-state index contributed by atoms with van der Waals surface area (Å²) >= 11 is 0. The van der Waals surface area contributed by atoms with Crippen LogP contribution in [0.25, 0.3) is 22.3 Å². The third-order valence-electron chi connectivity index (χ3n) is 3.97. The van der Waals surface area contributed by atoms with Crippen LogP contribution in [0.2, 0.25) is 0 Å². The summed E-state index contributed by atoms with van der Waals surface area (Å²) in [4.78, 5) is 23.2. The SMILES string of the molecule is CC.CC.COc1ccc(-c2cc(=O)c3c(OC)cc(OCC=O)cc3o2)cc1OC. The molecule has 0 unspecified atom stereocenters. The Bertz CT molecular complexity index is 1040. The van der Waals surface area contributed by atoms with Crippen LogP contribution in [-0.4, -0.2) is 34.2 Å². The van der Waals surface area contributed by atoms with Crippen molar-refractivity contribution in [3.8, 4) is 34.3 Å². The molecule has 3 rings (SSSR count). The van der Waals surface area contributed by atoms with Crippen molar-refractivity contribution in [1.82, 2.24) is 0 Å². The van der Waals surface area contributed by atoms with Crippen molar-refractivity contribution in [3.63, 3.8) is 0 Å². The van der Waals surface area contributed by atoms with Crippen molar-refractivity contribution in [3.05, 3.63) is 46.6 Å². The number of aldehydes is 1. The lowest BCUT2D eigenvalue weighted by Crippen LogP contribution is -2.04. The third-order valence-corrected chi connectivity index (χ3v) is 3.97. The van der Waals surface area contributed by atoms with Crippen molar-refractivity contribution in [2.75, 3.05) is 27.9 Å². The van der Waals surface area contributed by atoms with Gasteiger partial charge < -0.3 is 23.4 Å². The molecule has 0 saturated heterocycles. The van der Waals surface area contributed by atoms with Crippen molar-refractivity contribution < 1.29 is 28.2 Å². The molecule has 0 atom stereocenters. The predicted molar refractivity (Wildman–Crippen MR) is 122 cm³/mol. The second-order valence-corrected chi connectivity index (χ2v) is 5.52. The van der Waals surface area contributed by atoms with E-state index in [0.29, 0.717) is 46.0 Å². The molecule has 1 heterocycles. The molecular weight excluding hydrogens is 400 g/mol. The molecule has 168 valence electrons. The first-order valence-electron chi connectivity index (χ1n) is 10.1. The van der Waals surface area contributed by atoms with Gasteiger partial charge in [-0.05, 0) is 18.2 Å². The number of hydrogen-bond donors (Lipinski definition) is 0. The minimum absolute atomic E-state index is 0.117. The first-order chi connectivity index (χ1) is 15.1. The second kappa shape index (κ2) is 13.0. The van der Waals surface area contributed by atoms with Gasteiger partial charge >= 0.3 is 0 Å². The number of methoxy groups -OCH3 is 3. The fourth-order valence-corrected chi connectivity index (χ4v) is 2.73. The molecule has 0 aliphatic carbocycles. The summed E-state index contributed by atoms with van der Waals surface area (Å²) in [6.45, 7) is 7.88. The first-order valence-corrected chi connectivity index (χ1v) is 10.1. The molecule has 2 aromatic carbocycles. The maximum absolute atomic E-state index is 12.7. The summed E-state index contributed by atoms with van der Waals surface area (Å²) in [6.07, 6.45) is 0.632. The molecule has 0 N–H and O–H groups in total. The van der Waals surface area contributed by atoms with Gasteiger partial charge in [0.1, 0.15) is 34.8 Å². The summed E-state index contributed by atoms with van der Waals surface area (Å²) in [7, 11) is 4.51. The van der Waals surface area contributed by atoms with Gasteiger partial charge in [0.25, 0.3) is 0 Å². The Kier molecular flexibility index (Phi) is 10.7. The lowest BCUT2D eigenvalue weighted by Gasteiger charge is -2.11. The van der Waals surface area contributed by atoms with Crippen LogP contribution in [-0.2, 0) is 4.79 Å². The maximum Gasteiger partial charge on any atom is 0.197 e. The average Bonchev–Trinajstić information content (AvgIpc) is 2.83. The van der Waals surface area contributed by atoms with Crippen molar-refractivity contribution in [1.29, 1.82) is 0 Å². The van der Waals surface area contributed by atoms with Crippen LogP contribution >= 0.6 is 0 Å². The highest BCUT2D eigenvalue weighted by Crippen LogP contribution is 2.35. The molecule has 1 aromatic heterocycles. The Morgan fingerprint density at radius 1 is 0.839 bits per heavy atom. The Hall–Kier alpha value is -3.48. The number of carbonyl (C=O) groups excluding carboxylic acids is 1. The monoisotopic (exact) mass is 430 g/mol. The van der Waals surface area contributed by atoms with Gasteiger partial charge in [-0.2, -0.15) is 0 Å². The van der Waals surface area contributed by atoms with E-state index in [2.05, 4.69) is 0 Å². The zero-order valence-electron chi connectivity index (χ0n) is 19.1. The largest absolute Gasteiger partial charge is 0.496 e. The van der Waals surface area contributed by atoms with Crippen LogP contribution < -0.4 is 24.4 Å². The van der Waals surface area contributed by atoms with E-state index in [-0.39, 0.29) is 17.6 Å². The van der Waals surface area contributed by atoms with E-state index in [1.165, 1.54) is 20.3 Å². The fraction of sp³-hybridized carbons (Fsp3) is 0.333. The van der Waals surface area contributed by atoms with Gasteiger partial charge in [-0.25, -0.2) is 0 Å². The van der Waals surface area contributed by atoms with Gasteiger partial charge in [-0.15, -0.1) is 0 Å². The smallest absolute Gasteiger partial charge is 0.197 e. The van der Waals surface area contributed by atoms with Crippen LogP contribution in [0.15, 0.2) is 45.6 Å². The third kappa shape index (κ3) is 6.01. The molecule has 3 aromatic rings. The van der Waals surface area contributed by atoms with Gasteiger partial charge in [0.15, 0.2) is 23.2 Å². The highest BCUT2D eigenvalue weighted by atomic mass is 16.5. The molecule has 0 saturated carbocycles. The van der Waals surface area contributed by atoms with Gasteiger partial charge in [-0.1, -0.05) is 27.7 Å². The van der Waals surface area contributed by atoms with E-state index in [9.17, 15) is 9.59 Å². The number of benzene rings is 2. The van der Waals surface area contributed by atoms with E-state index in [0.717, 1.165) is 0 Å². The van der Waals surface area contributed by atoms with Crippen LogP contribution in [0, 0.1) is 0 Å². The molecule has 7 heteroatoms. The Morgan fingerprint density at radius 3 is 2.06 bits per heavy atom. The van der Waals surface area contributed by atoms with Crippen molar-refractivity contribution >= 4 is 17.3 Å². The minimum atomic E-state index is -0.264. The van der Waals surface area contributed by atoms with E-state index < -0.39 is 0 Å². The van der Waals surface area contributed by atoms with Gasteiger partial charge in [0.2, 0.25) is 0 Å². The number of carbonyl (C=O) groups is 1. The highest BCUT2D eigenvalue weighted by molar-refractivity contribution is 5.86. The molecule has 0 aliphatic heterocycles. The predicted octanol–water partition coefficient (Wildman–Crippen LogP) is 5.12. The summed E-state index contributed by atoms with van der Waals surface area (Å²) in [5.74, 6) is 2.09. The average molecular weight is 430 g/mol. The molecule has 0 fully saturated rings. The molecule has 0 amide bonds. The normalized spacial score (nSPS) is 9.52. The van der Waals surface area contributed by atoms with E-state index in [1.807, 2.05) is 27.7 Å². The van der Waals surface area contributed by atoms with Crippen LogP contribution in [0.3, 0.4) is 0 Å². The van der Waals surface area contributed by atoms with Crippen molar-refractivity contribution in [2.45, 2.75) is 27.7 Å². The Morgan fingerprint density at radius 2 is 1.48 bits per heavy atom. The van der Waals surface area contributed by atoms with Gasteiger partial charge in [-0.3, -0.25) is 9.59 Å². The number of rotatable bonds is 7. The molecule has 0 aliphatic rings. The molecule has 7 nitrogen and oxygen atoms in total. The number of ether oxygens (including phenoxy) is 4. The topological polar surface area (TPSA) is 84.2 Å². The molecule has 31 heavy (non-hydrogen) atoms. The molecule has 0 bridgehead atoms. The summed E-state index contributed by atoms with van der Waals surface area (Å²) in [5, 5.41) is 0.292. The summed E-state index contributed by atoms with van der Waals surface area (Å²) in [6, 6.07) is 9.68. The van der Waals surface area contributed by atoms with E-state index in [1.54, 1.807) is 37.4 Å². The minimum Gasteiger partial charge on any atom is -0.496 e. The summed E-state index contributed by atoms with van der Waals surface area (Å²) in [5.41, 5.74) is 0.664. The van der Waals surface area contributed by atoms with E-state index >= 15 is 0 Å². The standard InChI is InChI=1S/C20H18O7.2C2H6/c1-23-15-5-4-12(8-17(15)24-2)16-11-14(22)20-18(25-3)9-13(26-7-6-21)10-19(20)27-16;2*1-2/h4-6,8-11H,7H2,1-3H3;2*1-2H3. The zero-order chi connectivity index (χ0) is 23.4. The quantitative estimate of drug-likeness (QED) is 0.481. The lowest BCUT2D eigenvalue weighted by atomic mass is 10.1. The number of fused-ring (bicyclic) bond motifs is 1.